The maximum absolute atomic E-state index is 12.5. The highest BCUT2D eigenvalue weighted by Gasteiger charge is 2.21. The van der Waals surface area contributed by atoms with Crippen LogP contribution in [0.5, 0.6) is 0 Å². The second-order valence-corrected chi connectivity index (χ2v) is 7.16. The van der Waals surface area contributed by atoms with Gasteiger partial charge in [-0.25, -0.2) is 0 Å². The maximum Gasteiger partial charge on any atom is 0.241 e. The van der Waals surface area contributed by atoms with Crippen molar-refractivity contribution in [1.29, 1.82) is 0 Å². The van der Waals surface area contributed by atoms with Gasteiger partial charge in [0.2, 0.25) is 5.91 Å². The van der Waals surface area contributed by atoms with E-state index >= 15 is 0 Å². The van der Waals surface area contributed by atoms with Gasteiger partial charge in [-0.3, -0.25) is 10.1 Å². The Morgan fingerprint density at radius 2 is 1.84 bits per heavy atom. The first-order valence-corrected chi connectivity index (χ1v) is 9.30. The molecular weight excluding hydrogens is 352 g/mol. The summed E-state index contributed by atoms with van der Waals surface area (Å²) in [5, 5.41) is 8.98. The zero-order valence-electron chi connectivity index (χ0n) is 13.8. The quantitative estimate of drug-likeness (QED) is 0.633. The first-order chi connectivity index (χ1) is 12.1. The Bertz CT molecular complexity index is 821. The number of thiophene rings is 1. The molecule has 0 saturated carbocycles. The van der Waals surface area contributed by atoms with E-state index < -0.39 is 0 Å². The van der Waals surface area contributed by atoms with Gasteiger partial charge in [0.15, 0.2) is 0 Å². The van der Waals surface area contributed by atoms with Crippen LogP contribution >= 0.6 is 22.9 Å². The molecular formula is C20H19ClN2OS. The van der Waals surface area contributed by atoms with Crippen LogP contribution in [0, 0.1) is 0 Å². The summed E-state index contributed by atoms with van der Waals surface area (Å²) in [6, 6.07) is 21.0. The summed E-state index contributed by atoms with van der Waals surface area (Å²) in [5.41, 5.74) is 1.82. The molecule has 0 saturated heterocycles. The molecule has 1 heterocycles. The summed E-state index contributed by atoms with van der Waals surface area (Å²) in [6.45, 7) is 1.86. The van der Waals surface area contributed by atoms with Gasteiger partial charge in [0.1, 0.15) is 0 Å². The molecule has 0 aliphatic carbocycles. The first kappa shape index (κ1) is 17.7. The zero-order chi connectivity index (χ0) is 17.6. The van der Waals surface area contributed by atoms with E-state index in [1.807, 2.05) is 48.7 Å². The number of amides is 1. The number of anilines is 1. The fourth-order valence-electron chi connectivity index (χ4n) is 2.59. The third kappa shape index (κ3) is 4.69. The van der Waals surface area contributed by atoms with Crippen LogP contribution in [-0.4, -0.2) is 11.9 Å². The smallest absolute Gasteiger partial charge is 0.241 e. The molecule has 3 nitrogen and oxygen atoms in total. The van der Waals surface area contributed by atoms with Gasteiger partial charge < -0.3 is 5.32 Å². The number of rotatable bonds is 6. The fourth-order valence-corrected chi connectivity index (χ4v) is 3.59. The second-order valence-electron chi connectivity index (χ2n) is 5.75. The Kier molecular flexibility index (Phi) is 5.87. The van der Waals surface area contributed by atoms with Crippen molar-refractivity contribution in [2.24, 2.45) is 0 Å². The number of benzene rings is 2. The third-order valence-electron chi connectivity index (χ3n) is 3.86. The van der Waals surface area contributed by atoms with Gasteiger partial charge in [0.25, 0.3) is 0 Å². The molecule has 0 spiro atoms. The molecule has 0 fully saturated rings. The Labute approximate surface area is 156 Å². The fraction of sp³-hybridized carbons (Fsp3) is 0.150. The summed E-state index contributed by atoms with van der Waals surface area (Å²) in [4.78, 5) is 13.7. The highest BCUT2D eigenvalue weighted by molar-refractivity contribution is 7.10. The van der Waals surface area contributed by atoms with E-state index in [1.165, 1.54) is 4.88 Å². The Morgan fingerprint density at radius 3 is 2.52 bits per heavy atom. The largest absolute Gasteiger partial charge is 0.325 e. The molecule has 3 aromatic rings. The Hall–Kier alpha value is -2.14. The van der Waals surface area contributed by atoms with E-state index in [4.69, 9.17) is 11.6 Å². The number of nitrogens with one attached hydrogen (secondary N) is 2. The van der Waals surface area contributed by atoms with Crippen LogP contribution in [0.1, 0.15) is 23.4 Å². The number of hydrogen-bond acceptors (Lipinski definition) is 3. The predicted molar refractivity (Wildman–Crippen MR) is 105 cm³/mol. The van der Waals surface area contributed by atoms with Crippen LogP contribution in [0.2, 0.25) is 5.02 Å². The molecule has 0 aliphatic rings. The van der Waals surface area contributed by atoms with Crippen molar-refractivity contribution < 1.29 is 4.79 Å². The monoisotopic (exact) mass is 370 g/mol. The van der Waals surface area contributed by atoms with Gasteiger partial charge in [-0.05, 0) is 42.1 Å². The summed E-state index contributed by atoms with van der Waals surface area (Å²) < 4.78 is 0. The average molecular weight is 371 g/mol. The summed E-state index contributed by atoms with van der Waals surface area (Å²) >= 11 is 7.65. The van der Waals surface area contributed by atoms with Crippen molar-refractivity contribution in [3.05, 3.63) is 87.6 Å². The minimum Gasteiger partial charge on any atom is -0.325 e. The zero-order valence-corrected chi connectivity index (χ0v) is 15.3. The molecule has 1 amide bonds. The molecule has 0 aliphatic heterocycles. The molecule has 25 heavy (non-hydrogen) atoms. The number of carbonyl (C=O) groups is 1. The molecule has 1 aromatic heterocycles. The SMILES string of the molecule is C[C@@H](N[C@H](c1ccccc1)c1cccs1)C(=O)Nc1cccc(Cl)c1. The Balaban J connectivity index is 1.74. The first-order valence-electron chi connectivity index (χ1n) is 8.04. The second kappa shape index (κ2) is 8.30. The normalized spacial score (nSPS) is 13.2. The van der Waals surface area contributed by atoms with Crippen molar-refractivity contribution in [1.82, 2.24) is 5.32 Å². The van der Waals surface area contributed by atoms with Crippen molar-refractivity contribution in [3.8, 4) is 0 Å². The van der Waals surface area contributed by atoms with Gasteiger partial charge >= 0.3 is 0 Å². The van der Waals surface area contributed by atoms with E-state index in [0.29, 0.717) is 10.7 Å². The molecule has 3 rings (SSSR count). The summed E-state index contributed by atoms with van der Waals surface area (Å²) in [7, 11) is 0. The van der Waals surface area contributed by atoms with E-state index in [0.717, 1.165) is 5.56 Å². The molecule has 2 atom stereocenters. The van der Waals surface area contributed by atoms with Crippen molar-refractivity contribution in [2.45, 2.75) is 19.0 Å². The predicted octanol–water partition coefficient (Wildman–Crippen LogP) is 5.11. The van der Waals surface area contributed by atoms with Crippen LogP contribution in [0.3, 0.4) is 0 Å². The molecule has 2 N–H and O–H groups in total. The molecule has 0 bridgehead atoms. The maximum atomic E-state index is 12.5. The van der Waals surface area contributed by atoms with Crippen LogP contribution in [-0.2, 0) is 4.79 Å². The lowest BCUT2D eigenvalue weighted by Gasteiger charge is -2.22. The molecule has 0 unspecified atom stereocenters. The number of carbonyl (C=O) groups excluding carboxylic acids is 1. The average Bonchev–Trinajstić information content (AvgIpc) is 3.14. The van der Waals surface area contributed by atoms with Gasteiger partial charge in [-0.15, -0.1) is 11.3 Å². The Morgan fingerprint density at radius 1 is 1.04 bits per heavy atom. The van der Waals surface area contributed by atoms with Crippen molar-refractivity contribution in [3.63, 3.8) is 0 Å². The van der Waals surface area contributed by atoms with Crippen LogP contribution in [0.15, 0.2) is 72.1 Å². The van der Waals surface area contributed by atoms with Gasteiger partial charge in [0, 0.05) is 15.6 Å². The lowest BCUT2D eigenvalue weighted by atomic mass is 10.0. The van der Waals surface area contributed by atoms with E-state index in [9.17, 15) is 4.79 Å². The highest BCUT2D eigenvalue weighted by atomic mass is 35.5. The van der Waals surface area contributed by atoms with Crippen LogP contribution in [0.25, 0.3) is 0 Å². The standard InChI is InChI=1S/C20H19ClN2OS/c1-14(20(24)23-17-10-5-9-16(21)13-17)22-19(18-11-6-12-25-18)15-7-3-2-4-8-15/h2-14,19,22H,1H3,(H,23,24)/t14-,19-/m1/s1. The van der Waals surface area contributed by atoms with E-state index in [-0.39, 0.29) is 18.0 Å². The van der Waals surface area contributed by atoms with Gasteiger partial charge in [-0.1, -0.05) is 54.1 Å². The topological polar surface area (TPSA) is 41.1 Å². The molecule has 2 aromatic carbocycles. The molecule has 128 valence electrons. The van der Waals surface area contributed by atoms with E-state index in [2.05, 4.69) is 28.8 Å². The van der Waals surface area contributed by atoms with Gasteiger partial charge in [-0.2, -0.15) is 0 Å². The molecule has 5 heteroatoms. The van der Waals surface area contributed by atoms with Crippen LogP contribution in [0.4, 0.5) is 5.69 Å². The lowest BCUT2D eigenvalue weighted by Crippen LogP contribution is -2.40. The number of hydrogen-bond donors (Lipinski definition) is 2. The van der Waals surface area contributed by atoms with E-state index in [1.54, 1.807) is 23.5 Å². The summed E-state index contributed by atoms with van der Waals surface area (Å²) in [5.74, 6) is -0.0975. The number of halogens is 1. The van der Waals surface area contributed by atoms with Crippen molar-refractivity contribution in [2.75, 3.05) is 5.32 Å². The third-order valence-corrected chi connectivity index (χ3v) is 5.03. The molecule has 0 radical (unpaired) electrons. The highest BCUT2D eigenvalue weighted by Crippen LogP contribution is 2.26. The van der Waals surface area contributed by atoms with Gasteiger partial charge in [0.05, 0.1) is 12.1 Å². The minimum atomic E-state index is -0.369. The summed E-state index contributed by atoms with van der Waals surface area (Å²) in [6.07, 6.45) is 0. The lowest BCUT2D eigenvalue weighted by molar-refractivity contribution is -0.117. The van der Waals surface area contributed by atoms with Crippen LogP contribution < -0.4 is 10.6 Å². The van der Waals surface area contributed by atoms with Crippen molar-refractivity contribution >= 4 is 34.5 Å². The minimum absolute atomic E-state index is 0.0266.